The highest BCUT2D eigenvalue weighted by atomic mass is 35.7. The van der Waals surface area contributed by atoms with Gasteiger partial charge in [0.1, 0.15) is 11.4 Å². The number of aryl methyl sites for hydroxylation is 1. The fraction of sp³-hybridized carbons (Fsp3) is 0.500. The minimum Gasteiger partial charge on any atom is -0.487 e. The van der Waals surface area contributed by atoms with E-state index in [0.29, 0.717) is 11.3 Å². The largest absolute Gasteiger partial charge is 0.487 e. The van der Waals surface area contributed by atoms with Gasteiger partial charge in [-0.05, 0) is 32.3 Å². The number of hydrogen-bond acceptors (Lipinski definition) is 3. The van der Waals surface area contributed by atoms with Crippen LogP contribution >= 0.6 is 10.7 Å². The third-order valence-corrected chi connectivity index (χ3v) is 3.86. The van der Waals surface area contributed by atoms with Crippen LogP contribution in [0.1, 0.15) is 31.4 Å². The highest BCUT2D eigenvalue weighted by Gasteiger charge is 2.28. The topological polar surface area (TPSA) is 43.4 Å². The summed E-state index contributed by atoms with van der Waals surface area (Å²) in [7, 11) is 1.74. The van der Waals surface area contributed by atoms with Crippen LogP contribution in [0.5, 0.6) is 5.75 Å². The third-order valence-electron chi connectivity index (χ3n) is 2.88. The molecule has 2 rings (SSSR count). The highest BCUT2D eigenvalue weighted by Crippen LogP contribution is 2.36. The molecule has 0 radical (unpaired) electrons. The molecule has 1 aliphatic rings. The molecule has 0 amide bonds. The molecule has 0 unspecified atom stereocenters. The van der Waals surface area contributed by atoms with Crippen molar-refractivity contribution < 1.29 is 13.2 Å². The standard InChI is InChI=1S/C12H15ClO3S/c1-12(2)7-6-9-4-3-5-10(11(9)16-12)8-17(13,14)15/h3-5H,6-8H2,1-2H3. The molecule has 3 nitrogen and oxygen atoms in total. The molecule has 0 saturated heterocycles. The van der Waals surface area contributed by atoms with Crippen molar-refractivity contribution in [3.63, 3.8) is 0 Å². The fourth-order valence-corrected chi connectivity index (χ4v) is 2.98. The smallest absolute Gasteiger partial charge is 0.236 e. The summed E-state index contributed by atoms with van der Waals surface area (Å²) in [6.07, 6.45) is 1.83. The molecule has 0 fully saturated rings. The minimum absolute atomic E-state index is 0.187. The predicted molar refractivity (Wildman–Crippen MR) is 67.9 cm³/mol. The van der Waals surface area contributed by atoms with Crippen LogP contribution in [-0.2, 0) is 21.2 Å². The zero-order valence-electron chi connectivity index (χ0n) is 9.86. The van der Waals surface area contributed by atoms with Gasteiger partial charge in [0, 0.05) is 16.2 Å². The van der Waals surface area contributed by atoms with Crippen molar-refractivity contribution in [1.82, 2.24) is 0 Å². The zero-order valence-corrected chi connectivity index (χ0v) is 11.4. The first-order valence-corrected chi connectivity index (χ1v) is 7.97. The summed E-state index contributed by atoms with van der Waals surface area (Å²) in [5.74, 6) is 0.501. The number of rotatable bonds is 2. The number of para-hydroxylation sites is 1. The van der Waals surface area contributed by atoms with Gasteiger partial charge in [-0.25, -0.2) is 8.42 Å². The molecule has 1 heterocycles. The lowest BCUT2D eigenvalue weighted by Gasteiger charge is -2.33. The molecular weight excluding hydrogens is 260 g/mol. The van der Waals surface area contributed by atoms with Gasteiger partial charge in [0.2, 0.25) is 9.05 Å². The molecule has 17 heavy (non-hydrogen) atoms. The molecule has 0 bridgehead atoms. The van der Waals surface area contributed by atoms with Crippen molar-refractivity contribution in [1.29, 1.82) is 0 Å². The lowest BCUT2D eigenvalue weighted by atomic mass is 9.93. The van der Waals surface area contributed by atoms with Gasteiger partial charge in [0.15, 0.2) is 0 Å². The van der Waals surface area contributed by atoms with Gasteiger partial charge in [0.25, 0.3) is 0 Å². The summed E-state index contributed by atoms with van der Waals surface area (Å²) in [6.45, 7) is 4.00. The molecule has 0 spiro atoms. The second kappa shape index (κ2) is 4.18. The maximum atomic E-state index is 11.2. The SMILES string of the molecule is CC1(C)CCc2cccc(CS(=O)(=O)Cl)c2O1. The molecule has 0 saturated carbocycles. The van der Waals surface area contributed by atoms with Crippen molar-refractivity contribution in [2.75, 3.05) is 0 Å². The third kappa shape index (κ3) is 3.13. The van der Waals surface area contributed by atoms with Crippen LogP contribution in [0.2, 0.25) is 0 Å². The fourth-order valence-electron chi connectivity index (χ4n) is 2.03. The Bertz CT molecular complexity index is 535. The summed E-state index contributed by atoms with van der Waals surface area (Å²) in [5.41, 5.74) is 1.45. The second-order valence-electron chi connectivity index (χ2n) is 4.95. The molecule has 0 aromatic heterocycles. The molecule has 0 aliphatic carbocycles. The number of halogens is 1. The van der Waals surface area contributed by atoms with Gasteiger partial charge in [0.05, 0.1) is 5.75 Å². The molecule has 0 atom stereocenters. The quantitative estimate of drug-likeness (QED) is 0.779. The Labute approximate surface area is 106 Å². The summed E-state index contributed by atoms with van der Waals surface area (Å²) >= 11 is 0. The van der Waals surface area contributed by atoms with E-state index in [9.17, 15) is 8.42 Å². The van der Waals surface area contributed by atoms with Crippen molar-refractivity contribution in [2.45, 2.75) is 38.0 Å². The molecular formula is C12H15ClO3S. The number of hydrogen-bond donors (Lipinski definition) is 0. The summed E-state index contributed by atoms with van der Waals surface area (Å²) in [5, 5.41) is 0. The van der Waals surface area contributed by atoms with Gasteiger partial charge in [-0.3, -0.25) is 0 Å². The van der Waals surface area contributed by atoms with Gasteiger partial charge in [-0.15, -0.1) is 0 Å². The molecule has 0 N–H and O–H groups in total. The average Bonchev–Trinajstić information content (AvgIpc) is 2.16. The van der Waals surface area contributed by atoms with Crippen molar-refractivity contribution in [2.24, 2.45) is 0 Å². The Morgan fingerprint density at radius 2 is 2.12 bits per heavy atom. The number of benzene rings is 1. The van der Waals surface area contributed by atoms with Crippen molar-refractivity contribution >= 4 is 19.7 Å². The van der Waals surface area contributed by atoms with Crippen molar-refractivity contribution in [3.05, 3.63) is 29.3 Å². The normalized spacial score (nSPS) is 18.3. The monoisotopic (exact) mass is 274 g/mol. The van der Waals surface area contributed by atoms with E-state index in [0.717, 1.165) is 18.4 Å². The van der Waals surface area contributed by atoms with E-state index in [2.05, 4.69) is 0 Å². The first-order chi connectivity index (χ1) is 7.77. The van der Waals surface area contributed by atoms with Crippen molar-refractivity contribution in [3.8, 4) is 5.75 Å². The first-order valence-electron chi connectivity index (χ1n) is 5.49. The maximum absolute atomic E-state index is 11.2. The lowest BCUT2D eigenvalue weighted by Crippen LogP contribution is -2.33. The Hall–Kier alpha value is -0.740. The van der Waals surface area contributed by atoms with E-state index in [-0.39, 0.29) is 11.4 Å². The van der Waals surface area contributed by atoms with E-state index in [4.69, 9.17) is 15.4 Å². The Morgan fingerprint density at radius 3 is 2.76 bits per heavy atom. The highest BCUT2D eigenvalue weighted by molar-refractivity contribution is 8.13. The summed E-state index contributed by atoms with van der Waals surface area (Å²) in [6, 6.07) is 5.56. The maximum Gasteiger partial charge on any atom is 0.236 e. The van der Waals surface area contributed by atoms with E-state index in [1.54, 1.807) is 6.07 Å². The molecule has 5 heteroatoms. The van der Waals surface area contributed by atoms with E-state index < -0.39 is 9.05 Å². The van der Waals surface area contributed by atoms with E-state index in [1.807, 2.05) is 26.0 Å². The van der Waals surface area contributed by atoms with Crippen LogP contribution < -0.4 is 4.74 Å². The van der Waals surface area contributed by atoms with Crippen LogP contribution in [0.25, 0.3) is 0 Å². The lowest BCUT2D eigenvalue weighted by molar-refractivity contribution is 0.0836. The van der Waals surface area contributed by atoms with Crippen LogP contribution in [0.15, 0.2) is 18.2 Å². The van der Waals surface area contributed by atoms with E-state index in [1.165, 1.54) is 0 Å². The van der Waals surface area contributed by atoms with Gasteiger partial charge < -0.3 is 4.74 Å². The van der Waals surface area contributed by atoms with Gasteiger partial charge >= 0.3 is 0 Å². The van der Waals surface area contributed by atoms with Crippen LogP contribution in [0.4, 0.5) is 0 Å². The number of ether oxygens (including phenoxy) is 1. The molecule has 1 aliphatic heterocycles. The Morgan fingerprint density at radius 1 is 1.41 bits per heavy atom. The van der Waals surface area contributed by atoms with Gasteiger partial charge in [-0.2, -0.15) is 0 Å². The minimum atomic E-state index is -3.56. The predicted octanol–water partition coefficient (Wildman–Crippen LogP) is 2.86. The number of fused-ring (bicyclic) bond motifs is 1. The van der Waals surface area contributed by atoms with Gasteiger partial charge in [-0.1, -0.05) is 18.2 Å². The van der Waals surface area contributed by atoms with E-state index >= 15 is 0 Å². The molecule has 1 aromatic rings. The first kappa shape index (κ1) is 12.7. The molecule has 1 aromatic carbocycles. The second-order valence-corrected chi connectivity index (χ2v) is 7.73. The zero-order chi connectivity index (χ0) is 12.7. The Kier molecular flexibility index (Phi) is 3.12. The summed E-state index contributed by atoms with van der Waals surface area (Å²) < 4.78 is 28.2. The molecule has 94 valence electrons. The van der Waals surface area contributed by atoms with Crippen LogP contribution in [-0.4, -0.2) is 14.0 Å². The summed E-state index contributed by atoms with van der Waals surface area (Å²) in [4.78, 5) is 0. The van der Waals surface area contributed by atoms with Crippen LogP contribution in [0.3, 0.4) is 0 Å². The average molecular weight is 275 g/mol. The van der Waals surface area contributed by atoms with Crippen LogP contribution in [0, 0.1) is 0 Å². The Balaban J connectivity index is 2.42.